The molecule has 1 N–H and O–H groups in total. The minimum Gasteiger partial charge on any atom is -0.486 e. The van der Waals surface area contributed by atoms with Crippen LogP contribution < -0.4 is 24.6 Å². The molecule has 0 radical (unpaired) electrons. The maximum atomic E-state index is 14.1. The van der Waals surface area contributed by atoms with Gasteiger partial charge >= 0.3 is 0 Å². The van der Waals surface area contributed by atoms with Crippen LogP contribution in [0.15, 0.2) is 42.5 Å². The van der Waals surface area contributed by atoms with E-state index in [0.717, 1.165) is 10.6 Å². The van der Waals surface area contributed by atoms with Gasteiger partial charge in [-0.1, -0.05) is 0 Å². The van der Waals surface area contributed by atoms with E-state index < -0.39 is 34.8 Å². The van der Waals surface area contributed by atoms with Gasteiger partial charge in [-0.15, -0.1) is 0 Å². The first-order chi connectivity index (χ1) is 17.3. The van der Waals surface area contributed by atoms with E-state index in [2.05, 4.69) is 5.32 Å². The van der Waals surface area contributed by atoms with Crippen LogP contribution in [0.5, 0.6) is 11.5 Å². The molecular formula is C25H20F5N3O3. The third kappa shape index (κ3) is 4.36. The third-order valence-corrected chi connectivity index (χ3v) is 6.08. The summed E-state index contributed by atoms with van der Waals surface area (Å²) in [5, 5.41) is 2.80. The second kappa shape index (κ2) is 9.56. The van der Waals surface area contributed by atoms with E-state index in [0.29, 0.717) is 49.1 Å². The number of fused-ring (bicyclic) bond motifs is 1. The molecule has 188 valence electrons. The highest BCUT2D eigenvalue weighted by Gasteiger charge is 2.30. The molecule has 1 fully saturated rings. The minimum atomic E-state index is -2.17. The Kier molecular flexibility index (Phi) is 6.29. The van der Waals surface area contributed by atoms with Crippen LogP contribution in [0.4, 0.5) is 39.0 Å². The van der Waals surface area contributed by atoms with Crippen LogP contribution in [0.1, 0.15) is 10.4 Å². The predicted octanol–water partition coefficient (Wildman–Crippen LogP) is 4.73. The number of benzene rings is 3. The van der Waals surface area contributed by atoms with Gasteiger partial charge in [0.25, 0.3) is 5.91 Å². The lowest BCUT2D eigenvalue weighted by Gasteiger charge is -2.37. The Labute approximate surface area is 202 Å². The second-order valence-corrected chi connectivity index (χ2v) is 8.25. The number of nitrogens with one attached hydrogen (secondary N) is 1. The predicted molar refractivity (Wildman–Crippen MR) is 122 cm³/mol. The summed E-state index contributed by atoms with van der Waals surface area (Å²) >= 11 is 0. The first kappa shape index (κ1) is 23.7. The van der Waals surface area contributed by atoms with Gasteiger partial charge in [0.1, 0.15) is 18.9 Å². The van der Waals surface area contributed by atoms with Crippen LogP contribution in [-0.4, -0.2) is 45.3 Å². The third-order valence-electron chi connectivity index (χ3n) is 6.08. The van der Waals surface area contributed by atoms with E-state index in [1.807, 2.05) is 4.90 Å². The summed E-state index contributed by atoms with van der Waals surface area (Å²) in [6.45, 7) is 1.57. The number of nitrogens with zero attached hydrogens (tertiary/aromatic N) is 2. The first-order valence-electron chi connectivity index (χ1n) is 11.2. The maximum absolute atomic E-state index is 14.1. The van der Waals surface area contributed by atoms with E-state index >= 15 is 0 Å². The van der Waals surface area contributed by atoms with Gasteiger partial charge in [-0.25, -0.2) is 22.0 Å². The normalized spacial score (nSPS) is 15.1. The average Bonchev–Trinajstić information content (AvgIpc) is 2.91. The molecule has 0 saturated carbocycles. The minimum absolute atomic E-state index is 0.0565. The largest absolute Gasteiger partial charge is 0.486 e. The van der Waals surface area contributed by atoms with E-state index in [9.17, 15) is 26.7 Å². The fourth-order valence-electron chi connectivity index (χ4n) is 4.20. The van der Waals surface area contributed by atoms with Crippen LogP contribution in [-0.2, 0) is 0 Å². The molecule has 3 aromatic rings. The molecule has 0 bridgehead atoms. The van der Waals surface area contributed by atoms with E-state index in [1.54, 1.807) is 42.5 Å². The van der Waals surface area contributed by atoms with Crippen LogP contribution in [0.25, 0.3) is 0 Å². The van der Waals surface area contributed by atoms with Gasteiger partial charge in [-0.05, 0) is 42.5 Å². The summed E-state index contributed by atoms with van der Waals surface area (Å²) in [4.78, 5) is 15.7. The Morgan fingerprint density at radius 1 is 0.694 bits per heavy atom. The topological polar surface area (TPSA) is 54.0 Å². The number of rotatable bonds is 4. The Morgan fingerprint density at radius 3 is 1.89 bits per heavy atom. The number of halogens is 5. The van der Waals surface area contributed by atoms with E-state index in [1.165, 1.54) is 0 Å². The van der Waals surface area contributed by atoms with Gasteiger partial charge in [0.15, 0.2) is 34.8 Å². The van der Waals surface area contributed by atoms with Gasteiger partial charge in [0, 0.05) is 43.1 Å². The van der Waals surface area contributed by atoms with E-state index in [4.69, 9.17) is 9.47 Å². The molecule has 6 nitrogen and oxygen atoms in total. The quantitative estimate of drug-likeness (QED) is 0.316. The molecule has 0 aromatic heterocycles. The number of hydrogen-bond acceptors (Lipinski definition) is 5. The summed E-state index contributed by atoms with van der Waals surface area (Å²) in [5.74, 6) is -8.99. The Morgan fingerprint density at radius 2 is 1.25 bits per heavy atom. The molecule has 1 saturated heterocycles. The van der Waals surface area contributed by atoms with Crippen molar-refractivity contribution in [2.24, 2.45) is 0 Å². The van der Waals surface area contributed by atoms with Gasteiger partial charge < -0.3 is 24.6 Å². The summed E-state index contributed by atoms with van der Waals surface area (Å²) < 4.78 is 79.7. The molecule has 2 aliphatic rings. The van der Waals surface area contributed by atoms with Crippen molar-refractivity contribution in [3.8, 4) is 11.5 Å². The smallest absolute Gasteiger partial charge is 0.255 e. The van der Waals surface area contributed by atoms with Crippen molar-refractivity contribution >= 4 is 23.0 Å². The summed E-state index contributed by atoms with van der Waals surface area (Å²) in [6.07, 6.45) is 0. The number of amides is 1. The lowest BCUT2D eigenvalue weighted by atomic mass is 10.1. The zero-order valence-electron chi connectivity index (χ0n) is 18.8. The zero-order valence-corrected chi connectivity index (χ0v) is 18.8. The molecule has 5 rings (SSSR count). The highest BCUT2D eigenvalue weighted by molar-refractivity contribution is 6.04. The maximum Gasteiger partial charge on any atom is 0.255 e. The number of hydrogen-bond donors (Lipinski definition) is 1. The number of carbonyl (C=O) groups excluding carboxylic acids is 1. The SMILES string of the molecule is O=C(Nc1ccc(N2CCN(c3c(F)c(F)c(F)c(F)c3F)CC2)cc1)c1ccc2c(c1)OCCO2. The lowest BCUT2D eigenvalue weighted by molar-refractivity contribution is 0.102. The van der Waals surface area contributed by atoms with Crippen molar-refractivity contribution in [1.82, 2.24) is 0 Å². The van der Waals surface area contributed by atoms with Crippen molar-refractivity contribution in [1.29, 1.82) is 0 Å². The first-order valence-corrected chi connectivity index (χ1v) is 11.2. The number of carbonyl (C=O) groups is 1. The highest BCUT2D eigenvalue weighted by Crippen LogP contribution is 2.32. The summed E-state index contributed by atoms with van der Waals surface area (Å²) in [7, 11) is 0. The monoisotopic (exact) mass is 505 g/mol. The Bertz CT molecular complexity index is 1280. The lowest BCUT2D eigenvalue weighted by Crippen LogP contribution is -2.47. The Balaban J connectivity index is 1.22. The van der Waals surface area contributed by atoms with Gasteiger partial charge in [-0.3, -0.25) is 4.79 Å². The highest BCUT2D eigenvalue weighted by atomic mass is 19.2. The molecule has 36 heavy (non-hydrogen) atoms. The molecule has 1 amide bonds. The van der Waals surface area contributed by atoms with Crippen LogP contribution in [0.2, 0.25) is 0 Å². The van der Waals surface area contributed by atoms with Crippen LogP contribution >= 0.6 is 0 Å². The molecule has 2 heterocycles. The molecule has 11 heteroatoms. The van der Waals surface area contributed by atoms with Crippen LogP contribution in [0.3, 0.4) is 0 Å². The van der Waals surface area contributed by atoms with Crippen molar-refractivity contribution in [2.45, 2.75) is 0 Å². The van der Waals surface area contributed by atoms with Gasteiger partial charge in [0.2, 0.25) is 5.82 Å². The van der Waals surface area contributed by atoms with Gasteiger partial charge in [-0.2, -0.15) is 0 Å². The molecule has 3 aromatic carbocycles. The standard InChI is InChI=1S/C25H20F5N3O3/c26-19-20(27)22(29)24(23(30)21(19)28)33-9-7-32(8-10-33)16-4-2-15(3-5-16)31-25(34)14-1-6-17-18(13-14)36-12-11-35-17/h1-6,13H,7-12H2,(H,31,34). The molecule has 0 atom stereocenters. The Hall–Kier alpha value is -4.02. The average molecular weight is 505 g/mol. The molecule has 0 spiro atoms. The fourth-order valence-corrected chi connectivity index (χ4v) is 4.20. The molecule has 0 aliphatic carbocycles. The fraction of sp³-hybridized carbons (Fsp3) is 0.240. The van der Waals surface area contributed by atoms with Crippen molar-refractivity contribution in [2.75, 3.05) is 54.5 Å². The van der Waals surface area contributed by atoms with E-state index in [-0.39, 0.29) is 19.0 Å². The molecular weight excluding hydrogens is 485 g/mol. The second-order valence-electron chi connectivity index (χ2n) is 8.25. The summed E-state index contributed by atoms with van der Waals surface area (Å²) in [5.41, 5.74) is 0.832. The van der Waals surface area contributed by atoms with Gasteiger partial charge in [0.05, 0.1) is 0 Å². The van der Waals surface area contributed by atoms with Crippen LogP contribution in [0, 0.1) is 29.1 Å². The molecule has 0 unspecified atom stereocenters. The summed E-state index contributed by atoms with van der Waals surface area (Å²) in [6, 6.07) is 11.9. The van der Waals surface area contributed by atoms with Crippen molar-refractivity contribution in [3.05, 3.63) is 77.1 Å². The van der Waals surface area contributed by atoms with Crippen molar-refractivity contribution < 1.29 is 36.2 Å². The molecule has 2 aliphatic heterocycles. The number of piperazine rings is 1. The number of anilines is 3. The zero-order chi connectivity index (χ0) is 25.4. The van der Waals surface area contributed by atoms with Crippen molar-refractivity contribution in [3.63, 3.8) is 0 Å². The number of ether oxygens (including phenoxy) is 2.